The van der Waals surface area contributed by atoms with Crippen LogP contribution in [0.5, 0.6) is 0 Å². The van der Waals surface area contributed by atoms with Crippen LogP contribution in [0.3, 0.4) is 0 Å². The van der Waals surface area contributed by atoms with Gasteiger partial charge in [0.25, 0.3) is 0 Å². The zero-order valence-electron chi connectivity index (χ0n) is 13.1. The number of hydrogen-bond donors (Lipinski definition) is 1. The molecule has 1 fully saturated rings. The molecule has 23 heavy (non-hydrogen) atoms. The molecule has 4 heteroatoms. The minimum Gasteiger partial charge on any atom is -0.298 e. The van der Waals surface area contributed by atoms with Crippen molar-refractivity contribution >= 4 is 12.2 Å². The number of hydrogen-bond acceptors (Lipinski definition) is 2. The van der Waals surface area contributed by atoms with E-state index in [0.717, 1.165) is 30.5 Å². The van der Waals surface area contributed by atoms with E-state index >= 15 is 0 Å². The third kappa shape index (κ3) is 2.08. The van der Waals surface area contributed by atoms with E-state index in [9.17, 15) is 4.79 Å². The minimum atomic E-state index is -0.140. The fraction of sp³-hybridized carbons (Fsp3) is 0.368. The number of aromatic amines is 1. The highest BCUT2D eigenvalue weighted by molar-refractivity contribution is 7.71. The Balaban J connectivity index is 2.14. The van der Waals surface area contributed by atoms with Crippen molar-refractivity contribution in [3.8, 4) is 11.3 Å². The van der Waals surface area contributed by atoms with Gasteiger partial charge in [0.15, 0.2) is 0 Å². The Labute approximate surface area is 140 Å². The predicted molar refractivity (Wildman–Crippen MR) is 95.4 cm³/mol. The first-order chi connectivity index (χ1) is 11.2. The van der Waals surface area contributed by atoms with Crippen molar-refractivity contribution in [3.63, 3.8) is 0 Å². The quantitative estimate of drug-likeness (QED) is 0.666. The predicted octanol–water partition coefficient (Wildman–Crippen LogP) is 4.13. The molecule has 0 aliphatic heterocycles. The molecular formula is C19H20N2OS. The molecule has 1 saturated carbocycles. The second kappa shape index (κ2) is 5.31. The zero-order chi connectivity index (χ0) is 16.0. The van der Waals surface area contributed by atoms with Gasteiger partial charge in [0.1, 0.15) is 4.64 Å². The van der Waals surface area contributed by atoms with E-state index in [0.29, 0.717) is 11.2 Å². The van der Waals surface area contributed by atoms with Crippen molar-refractivity contribution in [3.05, 3.63) is 63.2 Å². The number of rotatable bonds is 2. The topological polar surface area (TPSA) is 37.8 Å². The first-order valence-electron chi connectivity index (χ1n) is 8.23. The van der Waals surface area contributed by atoms with Gasteiger partial charge in [0.2, 0.25) is 0 Å². The minimum absolute atomic E-state index is 0.0912. The van der Waals surface area contributed by atoms with Crippen LogP contribution < -0.4 is 5.69 Å². The van der Waals surface area contributed by atoms with Crippen molar-refractivity contribution in [1.29, 1.82) is 0 Å². The van der Waals surface area contributed by atoms with Crippen LogP contribution in [0, 0.1) is 4.64 Å². The van der Waals surface area contributed by atoms with Crippen molar-refractivity contribution in [2.24, 2.45) is 0 Å². The second-order valence-corrected chi connectivity index (χ2v) is 7.11. The van der Waals surface area contributed by atoms with Crippen LogP contribution in [0.15, 0.2) is 41.7 Å². The molecule has 2 aliphatic rings. The van der Waals surface area contributed by atoms with Crippen molar-refractivity contribution < 1.29 is 0 Å². The molecule has 1 heterocycles. The lowest BCUT2D eigenvalue weighted by Gasteiger charge is -2.37. The van der Waals surface area contributed by atoms with E-state index in [2.05, 4.69) is 29.8 Å². The summed E-state index contributed by atoms with van der Waals surface area (Å²) in [5, 5.41) is 0. The molecule has 3 nitrogen and oxygen atoms in total. The number of nitrogens with one attached hydrogen (secondary N) is 1. The van der Waals surface area contributed by atoms with Gasteiger partial charge in [-0.1, -0.05) is 55.4 Å². The van der Waals surface area contributed by atoms with E-state index < -0.39 is 0 Å². The number of nitrogens with zero attached hydrogens (tertiary/aromatic N) is 1. The largest absolute Gasteiger partial charge is 0.327 e. The van der Waals surface area contributed by atoms with Gasteiger partial charge in [-0.15, -0.1) is 6.58 Å². The van der Waals surface area contributed by atoms with E-state index in [4.69, 9.17) is 12.2 Å². The maximum absolute atomic E-state index is 12.5. The Kier molecular flexibility index (Phi) is 3.38. The molecule has 0 radical (unpaired) electrons. The van der Waals surface area contributed by atoms with Gasteiger partial charge in [0.05, 0.1) is 5.69 Å². The monoisotopic (exact) mass is 324 g/mol. The van der Waals surface area contributed by atoms with Gasteiger partial charge in [-0.2, -0.15) is 0 Å². The van der Waals surface area contributed by atoms with Crippen LogP contribution in [0.1, 0.15) is 36.8 Å². The highest BCUT2D eigenvalue weighted by Gasteiger charge is 2.43. The molecule has 1 aromatic heterocycles. The summed E-state index contributed by atoms with van der Waals surface area (Å²) in [7, 11) is 0. The number of aromatic nitrogens is 2. The van der Waals surface area contributed by atoms with Crippen molar-refractivity contribution in [2.75, 3.05) is 0 Å². The number of H-pyrrole nitrogens is 1. The first kappa shape index (κ1) is 14.6. The smallest absolute Gasteiger partial charge is 0.298 e. The molecule has 1 aromatic carbocycles. The second-order valence-electron chi connectivity index (χ2n) is 6.70. The molecule has 0 amide bonds. The molecule has 2 aromatic rings. The third-order valence-electron chi connectivity index (χ3n) is 5.40. The normalized spacial score (nSPS) is 17.7. The summed E-state index contributed by atoms with van der Waals surface area (Å²) in [6, 6.07) is 8.44. The zero-order valence-corrected chi connectivity index (χ0v) is 13.9. The van der Waals surface area contributed by atoms with Crippen LogP contribution in [-0.2, 0) is 18.4 Å². The number of benzene rings is 1. The Morgan fingerprint density at radius 2 is 2.04 bits per heavy atom. The molecular weight excluding hydrogens is 304 g/mol. The van der Waals surface area contributed by atoms with E-state index in [1.165, 1.54) is 24.0 Å². The molecule has 2 aliphatic carbocycles. The molecule has 0 unspecified atom stereocenters. The summed E-state index contributed by atoms with van der Waals surface area (Å²) in [6.45, 7) is 4.31. The van der Waals surface area contributed by atoms with Gasteiger partial charge in [-0.25, -0.2) is 4.79 Å². The number of allylic oxidation sites excluding steroid dienone is 1. The Bertz CT molecular complexity index is 900. The van der Waals surface area contributed by atoms with Crippen LogP contribution >= 0.6 is 12.2 Å². The van der Waals surface area contributed by atoms with Crippen LogP contribution in [-0.4, -0.2) is 9.55 Å². The fourth-order valence-electron chi connectivity index (χ4n) is 4.48. The average molecular weight is 324 g/mol. The standard InChI is InChI=1S/C19H20N2OS/c1-2-11-21-16-14-8-4-3-7-13(14)12-19(9-5-6-10-19)15(16)17(23)20-18(21)22/h2-4,7-8H,1,5-6,9-12H2,(H,20,22,23). The van der Waals surface area contributed by atoms with E-state index in [1.54, 1.807) is 10.6 Å². The fourth-order valence-corrected chi connectivity index (χ4v) is 4.88. The summed E-state index contributed by atoms with van der Waals surface area (Å²) in [6.07, 6.45) is 7.57. The summed E-state index contributed by atoms with van der Waals surface area (Å²) in [4.78, 5) is 15.4. The summed E-state index contributed by atoms with van der Waals surface area (Å²) in [5.74, 6) is 0. The SMILES string of the molecule is C=CCn1c2c(c(=S)[nH]c1=O)C1(CCCC1)Cc1ccccc1-2. The molecule has 1 N–H and O–H groups in total. The average Bonchev–Trinajstić information content (AvgIpc) is 2.99. The number of fused-ring (bicyclic) bond motifs is 4. The van der Waals surface area contributed by atoms with Crippen LogP contribution in [0.4, 0.5) is 0 Å². The van der Waals surface area contributed by atoms with Crippen molar-refractivity contribution in [1.82, 2.24) is 9.55 Å². The summed E-state index contributed by atoms with van der Waals surface area (Å²) in [5.41, 5.74) is 4.64. The highest BCUT2D eigenvalue weighted by atomic mass is 32.1. The van der Waals surface area contributed by atoms with E-state index in [1.807, 2.05) is 6.07 Å². The Hall–Kier alpha value is -1.94. The summed E-state index contributed by atoms with van der Waals surface area (Å²) < 4.78 is 2.43. The van der Waals surface area contributed by atoms with Gasteiger partial charge in [-0.05, 0) is 24.8 Å². The molecule has 4 rings (SSSR count). The van der Waals surface area contributed by atoms with Gasteiger partial charge < -0.3 is 0 Å². The maximum atomic E-state index is 12.5. The van der Waals surface area contributed by atoms with Gasteiger partial charge in [-0.3, -0.25) is 9.55 Å². The summed E-state index contributed by atoms with van der Waals surface area (Å²) >= 11 is 5.61. The third-order valence-corrected chi connectivity index (χ3v) is 5.71. The lowest BCUT2D eigenvalue weighted by molar-refractivity contribution is 0.424. The maximum Gasteiger partial charge on any atom is 0.327 e. The van der Waals surface area contributed by atoms with Gasteiger partial charge >= 0.3 is 5.69 Å². The Morgan fingerprint density at radius 3 is 2.78 bits per heavy atom. The van der Waals surface area contributed by atoms with Crippen molar-refractivity contribution in [2.45, 2.75) is 44.1 Å². The highest BCUT2D eigenvalue weighted by Crippen LogP contribution is 2.51. The molecule has 0 atom stereocenters. The first-order valence-corrected chi connectivity index (χ1v) is 8.64. The van der Waals surface area contributed by atoms with Gasteiger partial charge in [0, 0.05) is 23.1 Å². The van der Waals surface area contributed by atoms with Crippen LogP contribution in [0.2, 0.25) is 0 Å². The molecule has 1 spiro atoms. The lowest BCUT2D eigenvalue weighted by atomic mass is 9.68. The van der Waals surface area contributed by atoms with E-state index in [-0.39, 0.29) is 11.1 Å². The lowest BCUT2D eigenvalue weighted by Crippen LogP contribution is -2.36. The molecule has 118 valence electrons. The molecule has 0 bridgehead atoms. The molecule has 0 saturated heterocycles. The van der Waals surface area contributed by atoms with Crippen LogP contribution in [0.25, 0.3) is 11.3 Å². The Morgan fingerprint density at radius 1 is 1.30 bits per heavy atom.